The molecule has 4 heteroatoms. The summed E-state index contributed by atoms with van der Waals surface area (Å²) in [6.45, 7) is 0.805. The molecule has 0 bridgehead atoms. The zero-order chi connectivity index (χ0) is 8.27. The van der Waals surface area contributed by atoms with Crippen LogP contribution in [-0.2, 0) is 4.74 Å². The number of nitrogens with zero attached hydrogens (tertiary/aromatic N) is 1. The van der Waals surface area contributed by atoms with E-state index in [0.717, 1.165) is 6.42 Å². The second kappa shape index (κ2) is 3.55. The van der Waals surface area contributed by atoms with E-state index >= 15 is 0 Å². The van der Waals surface area contributed by atoms with Crippen LogP contribution in [0.2, 0.25) is 0 Å². The molecule has 1 unspecified atom stereocenters. The Kier molecular flexibility index (Phi) is 2.68. The molecule has 1 heterocycles. The van der Waals surface area contributed by atoms with E-state index in [1.807, 2.05) is 0 Å². The van der Waals surface area contributed by atoms with Crippen molar-refractivity contribution in [3.8, 4) is 0 Å². The summed E-state index contributed by atoms with van der Waals surface area (Å²) in [5.74, 6) is 0. The average Bonchev–Trinajstić information content (AvgIpc) is 2.03. The van der Waals surface area contributed by atoms with E-state index in [4.69, 9.17) is 0 Å². The number of rotatable bonds is 0. The van der Waals surface area contributed by atoms with Gasteiger partial charge in [0.25, 0.3) is 0 Å². The number of halogens is 1. The summed E-state index contributed by atoms with van der Waals surface area (Å²) >= 11 is 0. The van der Waals surface area contributed by atoms with E-state index in [9.17, 15) is 9.18 Å². The van der Waals surface area contributed by atoms with Gasteiger partial charge in [-0.3, -0.25) is 0 Å². The van der Waals surface area contributed by atoms with Crippen LogP contribution < -0.4 is 0 Å². The number of methoxy groups -OCH3 is 1. The number of ether oxygens (including phenoxy) is 1. The third kappa shape index (κ3) is 2.06. The fraction of sp³-hybridized carbons (Fsp3) is 0.857. The van der Waals surface area contributed by atoms with Crippen molar-refractivity contribution < 1.29 is 13.9 Å². The largest absolute Gasteiger partial charge is 0.453 e. The van der Waals surface area contributed by atoms with Crippen LogP contribution in [0.5, 0.6) is 0 Å². The highest BCUT2D eigenvalue weighted by atomic mass is 19.1. The Hall–Kier alpha value is -0.800. The molecule has 1 atom stereocenters. The lowest BCUT2D eigenvalue weighted by atomic mass is 10.1. The van der Waals surface area contributed by atoms with Crippen molar-refractivity contribution in [3.63, 3.8) is 0 Å². The number of carbonyl (C=O) groups is 1. The summed E-state index contributed by atoms with van der Waals surface area (Å²) in [7, 11) is 1.31. The highest BCUT2D eigenvalue weighted by Gasteiger charge is 2.23. The Morgan fingerprint density at radius 3 is 3.00 bits per heavy atom. The molecule has 0 N–H and O–H groups in total. The number of carbonyl (C=O) groups excluding carboxylic acids is 1. The lowest BCUT2D eigenvalue weighted by molar-refractivity contribution is 0.0919. The lowest BCUT2D eigenvalue weighted by Crippen LogP contribution is -2.40. The van der Waals surface area contributed by atoms with Crippen molar-refractivity contribution >= 4 is 6.09 Å². The minimum atomic E-state index is -0.872. The maximum absolute atomic E-state index is 12.7. The zero-order valence-corrected chi connectivity index (χ0v) is 6.55. The molecule has 3 nitrogen and oxygen atoms in total. The third-order valence-electron chi connectivity index (χ3n) is 1.80. The number of amides is 1. The summed E-state index contributed by atoms with van der Waals surface area (Å²) in [4.78, 5) is 12.2. The van der Waals surface area contributed by atoms with Gasteiger partial charge in [0.2, 0.25) is 0 Å². The van der Waals surface area contributed by atoms with Crippen molar-refractivity contribution in [3.05, 3.63) is 0 Å². The molecule has 0 spiro atoms. The molecule has 64 valence electrons. The minimum absolute atomic E-state index is 0.187. The van der Waals surface area contributed by atoms with Crippen LogP contribution in [0.4, 0.5) is 9.18 Å². The topological polar surface area (TPSA) is 29.5 Å². The van der Waals surface area contributed by atoms with E-state index < -0.39 is 12.3 Å². The van der Waals surface area contributed by atoms with Crippen LogP contribution in [0.3, 0.4) is 0 Å². The van der Waals surface area contributed by atoms with Gasteiger partial charge in [-0.25, -0.2) is 9.18 Å². The molecule has 0 aromatic carbocycles. The minimum Gasteiger partial charge on any atom is -0.453 e. The summed E-state index contributed by atoms with van der Waals surface area (Å²) in [6, 6.07) is 0. The van der Waals surface area contributed by atoms with Gasteiger partial charge in [-0.1, -0.05) is 0 Å². The quantitative estimate of drug-likeness (QED) is 0.534. The molecule has 1 aliphatic rings. The second-order valence-corrected chi connectivity index (χ2v) is 2.66. The number of piperidine rings is 1. The highest BCUT2D eigenvalue weighted by molar-refractivity contribution is 5.67. The summed E-state index contributed by atoms with van der Waals surface area (Å²) in [5.41, 5.74) is 0. The number of hydrogen-bond acceptors (Lipinski definition) is 2. The fourth-order valence-corrected chi connectivity index (χ4v) is 1.22. The van der Waals surface area contributed by atoms with E-state index in [-0.39, 0.29) is 6.54 Å². The molecule has 1 rings (SSSR count). The second-order valence-electron chi connectivity index (χ2n) is 2.66. The summed E-state index contributed by atoms with van der Waals surface area (Å²) < 4.78 is 17.1. The van der Waals surface area contributed by atoms with Gasteiger partial charge in [0.1, 0.15) is 6.17 Å². The van der Waals surface area contributed by atoms with Gasteiger partial charge >= 0.3 is 6.09 Å². The molecular formula is C7H12FNO2. The Bertz CT molecular complexity index is 151. The summed E-state index contributed by atoms with van der Waals surface area (Å²) in [5, 5.41) is 0. The first-order valence-electron chi connectivity index (χ1n) is 3.71. The molecular weight excluding hydrogens is 149 g/mol. The van der Waals surface area contributed by atoms with Crippen LogP contribution in [0.1, 0.15) is 12.8 Å². The number of hydrogen-bond donors (Lipinski definition) is 0. The Labute approximate surface area is 65.1 Å². The average molecular weight is 161 g/mol. The van der Waals surface area contributed by atoms with Crippen LogP contribution in [-0.4, -0.2) is 37.4 Å². The van der Waals surface area contributed by atoms with Crippen molar-refractivity contribution in [1.82, 2.24) is 4.90 Å². The van der Waals surface area contributed by atoms with E-state index in [2.05, 4.69) is 4.74 Å². The van der Waals surface area contributed by atoms with Gasteiger partial charge in [-0.05, 0) is 12.8 Å². The number of alkyl halides is 1. The van der Waals surface area contributed by atoms with Gasteiger partial charge in [0.15, 0.2) is 0 Å². The van der Waals surface area contributed by atoms with Gasteiger partial charge < -0.3 is 9.64 Å². The van der Waals surface area contributed by atoms with Crippen LogP contribution in [0.25, 0.3) is 0 Å². The highest BCUT2D eigenvalue weighted by Crippen LogP contribution is 2.13. The Morgan fingerprint density at radius 2 is 2.45 bits per heavy atom. The number of likely N-dealkylation sites (tertiary alicyclic amines) is 1. The maximum atomic E-state index is 12.7. The molecule has 1 amide bonds. The van der Waals surface area contributed by atoms with E-state index in [0.29, 0.717) is 13.0 Å². The molecule has 1 aliphatic heterocycles. The molecule has 0 saturated carbocycles. The monoisotopic (exact) mass is 161 g/mol. The SMILES string of the molecule is COC(=O)N1CCCC(F)C1. The lowest BCUT2D eigenvalue weighted by Gasteiger charge is -2.27. The maximum Gasteiger partial charge on any atom is 0.409 e. The van der Waals surface area contributed by atoms with E-state index in [1.54, 1.807) is 0 Å². The van der Waals surface area contributed by atoms with Crippen LogP contribution >= 0.6 is 0 Å². The molecule has 0 aromatic heterocycles. The molecule has 1 saturated heterocycles. The van der Waals surface area contributed by atoms with Gasteiger partial charge in [-0.2, -0.15) is 0 Å². The molecule has 1 fully saturated rings. The summed E-state index contributed by atoms with van der Waals surface area (Å²) in [6.07, 6.45) is -0.000713. The first-order valence-corrected chi connectivity index (χ1v) is 3.71. The molecule has 11 heavy (non-hydrogen) atoms. The van der Waals surface area contributed by atoms with Gasteiger partial charge in [0, 0.05) is 6.54 Å². The molecule has 0 radical (unpaired) electrons. The van der Waals surface area contributed by atoms with E-state index in [1.165, 1.54) is 12.0 Å². The molecule has 0 aromatic rings. The van der Waals surface area contributed by atoms with Crippen LogP contribution in [0, 0.1) is 0 Å². The Balaban J connectivity index is 2.39. The first-order chi connectivity index (χ1) is 5.24. The normalized spacial score (nSPS) is 24.9. The van der Waals surface area contributed by atoms with Crippen molar-refractivity contribution in [1.29, 1.82) is 0 Å². The zero-order valence-electron chi connectivity index (χ0n) is 6.55. The standard InChI is InChI=1S/C7H12FNO2/c1-11-7(10)9-4-2-3-6(8)5-9/h6H,2-5H2,1H3. The predicted octanol–water partition coefficient (Wildman–Crippen LogP) is 1.19. The third-order valence-corrected chi connectivity index (χ3v) is 1.80. The molecule has 0 aliphatic carbocycles. The fourth-order valence-electron chi connectivity index (χ4n) is 1.22. The van der Waals surface area contributed by atoms with Gasteiger partial charge in [0.05, 0.1) is 13.7 Å². The first kappa shape index (κ1) is 8.30. The van der Waals surface area contributed by atoms with Crippen molar-refractivity contribution in [2.24, 2.45) is 0 Å². The van der Waals surface area contributed by atoms with Crippen LogP contribution in [0.15, 0.2) is 0 Å². The van der Waals surface area contributed by atoms with Gasteiger partial charge in [-0.15, -0.1) is 0 Å². The Morgan fingerprint density at radius 1 is 1.73 bits per heavy atom. The van der Waals surface area contributed by atoms with Crippen molar-refractivity contribution in [2.75, 3.05) is 20.2 Å². The van der Waals surface area contributed by atoms with Crippen molar-refractivity contribution in [2.45, 2.75) is 19.0 Å². The smallest absolute Gasteiger partial charge is 0.409 e. The predicted molar refractivity (Wildman–Crippen MR) is 38.1 cm³/mol.